The van der Waals surface area contributed by atoms with Crippen molar-refractivity contribution in [3.05, 3.63) is 29.8 Å². The average molecular weight is 232 g/mol. The van der Waals surface area contributed by atoms with Crippen molar-refractivity contribution in [1.29, 1.82) is 0 Å². The van der Waals surface area contributed by atoms with Crippen LogP contribution in [-0.4, -0.2) is 17.7 Å². The van der Waals surface area contributed by atoms with Crippen molar-refractivity contribution >= 4 is 5.97 Å². The highest BCUT2D eigenvalue weighted by atomic mass is 16.5. The van der Waals surface area contributed by atoms with E-state index in [9.17, 15) is 9.90 Å². The van der Waals surface area contributed by atoms with Crippen LogP contribution in [0.25, 0.3) is 0 Å². The number of fused-ring (bicyclic) bond motifs is 1. The zero-order valence-corrected chi connectivity index (χ0v) is 9.69. The first-order valence-electron chi connectivity index (χ1n) is 6.14. The summed E-state index contributed by atoms with van der Waals surface area (Å²) >= 11 is 0. The molecule has 2 aliphatic rings. The van der Waals surface area contributed by atoms with Crippen LogP contribution in [0.15, 0.2) is 24.3 Å². The molecule has 1 aliphatic carbocycles. The molecule has 1 unspecified atom stereocenters. The summed E-state index contributed by atoms with van der Waals surface area (Å²) in [6.07, 6.45) is 3.72. The van der Waals surface area contributed by atoms with Gasteiger partial charge in [-0.3, -0.25) is 4.79 Å². The van der Waals surface area contributed by atoms with Gasteiger partial charge in [0.1, 0.15) is 17.8 Å². The number of carboxylic acids is 1. The third-order valence-corrected chi connectivity index (χ3v) is 3.84. The second-order valence-corrected chi connectivity index (χ2v) is 5.31. The van der Waals surface area contributed by atoms with E-state index in [1.165, 1.54) is 12.8 Å². The summed E-state index contributed by atoms with van der Waals surface area (Å²) in [4.78, 5) is 11.6. The molecule has 1 saturated carbocycles. The molecule has 90 valence electrons. The lowest BCUT2D eigenvalue weighted by Crippen LogP contribution is -2.42. The summed E-state index contributed by atoms with van der Waals surface area (Å²) in [5.41, 5.74) is 0.331. The predicted octanol–water partition coefficient (Wildman–Crippen LogP) is 2.49. The van der Waals surface area contributed by atoms with Gasteiger partial charge >= 0.3 is 5.97 Å². The molecule has 17 heavy (non-hydrogen) atoms. The van der Waals surface area contributed by atoms with E-state index in [1.807, 2.05) is 24.3 Å². The van der Waals surface area contributed by atoms with E-state index < -0.39 is 11.4 Å². The molecule has 3 nitrogen and oxygen atoms in total. The fourth-order valence-electron chi connectivity index (χ4n) is 2.65. The standard InChI is InChI=1S/C14H16O3/c15-13(16)14(7-10-5-6-10)8-11-3-1-2-4-12(11)17-9-14/h1-4,10H,5-9H2,(H,15,16). The minimum atomic E-state index is -0.709. The Balaban J connectivity index is 1.89. The summed E-state index contributed by atoms with van der Waals surface area (Å²) in [5, 5.41) is 9.51. The lowest BCUT2D eigenvalue weighted by atomic mass is 9.76. The maximum absolute atomic E-state index is 11.6. The number of benzene rings is 1. The lowest BCUT2D eigenvalue weighted by molar-refractivity contribution is -0.152. The van der Waals surface area contributed by atoms with Crippen molar-refractivity contribution in [2.45, 2.75) is 25.7 Å². The normalized spacial score (nSPS) is 27.1. The van der Waals surface area contributed by atoms with Crippen LogP contribution in [0.3, 0.4) is 0 Å². The molecule has 0 amide bonds. The van der Waals surface area contributed by atoms with Gasteiger partial charge in [0.15, 0.2) is 0 Å². The van der Waals surface area contributed by atoms with Crippen molar-refractivity contribution in [1.82, 2.24) is 0 Å². The summed E-state index contributed by atoms with van der Waals surface area (Å²) in [6, 6.07) is 7.75. The number of carboxylic acid groups (broad SMARTS) is 1. The van der Waals surface area contributed by atoms with E-state index in [1.54, 1.807) is 0 Å². The first-order valence-corrected chi connectivity index (χ1v) is 6.14. The van der Waals surface area contributed by atoms with Gasteiger partial charge in [0.2, 0.25) is 0 Å². The maximum atomic E-state index is 11.6. The van der Waals surface area contributed by atoms with Crippen LogP contribution in [-0.2, 0) is 11.2 Å². The minimum absolute atomic E-state index is 0.315. The molecule has 0 radical (unpaired) electrons. The van der Waals surface area contributed by atoms with E-state index in [2.05, 4.69) is 0 Å². The van der Waals surface area contributed by atoms with Crippen LogP contribution in [0.5, 0.6) is 5.75 Å². The fourth-order valence-corrected chi connectivity index (χ4v) is 2.65. The monoisotopic (exact) mass is 232 g/mol. The van der Waals surface area contributed by atoms with Crippen molar-refractivity contribution < 1.29 is 14.6 Å². The topological polar surface area (TPSA) is 46.5 Å². The summed E-state index contributed by atoms with van der Waals surface area (Å²) in [6.45, 7) is 0.315. The molecular weight excluding hydrogens is 216 g/mol. The van der Waals surface area contributed by atoms with Gasteiger partial charge in [-0.1, -0.05) is 31.0 Å². The molecule has 1 aromatic rings. The first kappa shape index (κ1) is 10.6. The van der Waals surface area contributed by atoms with E-state index in [0.717, 1.165) is 17.7 Å². The lowest BCUT2D eigenvalue weighted by Gasteiger charge is -2.34. The molecule has 1 aromatic carbocycles. The Morgan fingerprint density at radius 3 is 2.88 bits per heavy atom. The highest BCUT2D eigenvalue weighted by molar-refractivity contribution is 5.76. The Kier molecular flexibility index (Phi) is 2.35. The average Bonchev–Trinajstić information content (AvgIpc) is 3.12. The van der Waals surface area contributed by atoms with Gasteiger partial charge in [0, 0.05) is 0 Å². The molecule has 0 aromatic heterocycles. The molecule has 1 atom stereocenters. The third kappa shape index (κ3) is 1.90. The predicted molar refractivity (Wildman–Crippen MR) is 63.1 cm³/mol. The van der Waals surface area contributed by atoms with Gasteiger partial charge in [-0.2, -0.15) is 0 Å². The van der Waals surface area contributed by atoms with Crippen LogP contribution < -0.4 is 4.74 Å². The van der Waals surface area contributed by atoms with Crippen LogP contribution in [0.2, 0.25) is 0 Å². The quantitative estimate of drug-likeness (QED) is 0.871. The van der Waals surface area contributed by atoms with Gasteiger partial charge in [-0.25, -0.2) is 0 Å². The van der Waals surface area contributed by atoms with E-state index in [-0.39, 0.29) is 0 Å². The molecule has 0 bridgehead atoms. The minimum Gasteiger partial charge on any atom is -0.492 e. The van der Waals surface area contributed by atoms with Gasteiger partial charge in [-0.15, -0.1) is 0 Å². The number of hydrogen-bond donors (Lipinski definition) is 1. The van der Waals surface area contributed by atoms with Crippen LogP contribution in [0.4, 0.5) is 0 Å². The summed E-state index contributed by atoms with van der Waals surface area (Å²) in [5.74, 6) is 0.735. The summed E-state index contributed by atoms with van der Waals surface area (Å²) in [7, 11) is 0. The highest BCUT2D eigenvalue weighted by Crippen LogP contribution is 2.45. The maximum Gasteiger partial charge on any atom is 0.313 e. The number of carbonyl (C=O) groups is 1. The van der Waals surface area contributed by atoms with Gasteiger partial charge in [-0.05, 0) is 30.4 Å². The van der Waals surface area contributed by atoms with Crippen molar-refractivity contribution in [3.8, 4) is 5.75 Å². The number of ether oxygens (including phenoxy) is 1. The molecule has 3 heteroatoms. The van der Waals surface area contributed by atoms with E-state index >= 15 is 0 Å². The second-order valence-electron chi connectivity index (χ2n) is 5.31. The largest absolute Gasteiger partial charge is 0.492 e. The van der Waals surface area contributed by atoms with Gasteiger partial charge < -0.3 is 9.84 Å². The third-order valence-electron chi connectivity index (χ3n) is 3.84. The molecule has 3 rings (SSSR count). The van der Waals surface area contributed by atoms with E-state index in [0.29, 0.717) is 18.9 Å². The fraction of sp³-hybridized carbons (Fsp3) is 0.500. The molecule has 1 heterocycles. The molecule has 0 saturated heterocycles. The molecule has 1 N–H and O–H groups in total. The summed E-state index contributed by atoms with van der Waals surface area (Å²) < 4.78 is 5.65. The Morgan fingerprint density at radius 2 is 2.18 bits per heavy atom. The van der Waals surface area contributed by atoms with Gasteiger partial charge in [0.25, 0.3) is 0 Å². The van der Waals surface area contributed by atoms with Crippen LogP contribution >= 0.6 is 0 Å². The molecule has 1 aliphatic heterocycles. The second kappa shape index (κ2) is 3.76. The van der Waals surface area contributed by atoms with Crippen molar-refractivity contribution in [2.24, 2.45) is 11.3 Å². The molecule has 1 fully saturated rings. The SMILES string of the molecule is O=C(O)C1(CC2CC2)COc2ccccc2C1. The Hall–Kier alpha value is -1.51. The zero-order chi connectivity index (χ0) is 11.9. The van der Waals surface area contributed by atoms with E-state index in [4.69, 9.17) is 4.74 Å². The van der Waals surface area contributed by atoms with Crippen LogP contribution in [0.1, 0.15) is 24.8 Å². The van der Waals surface area contributed by atoms with Gasteiger partial charge in [0.05, 0.1) is 0 Å². The number of rotatable bonds is 3. The smallest absolute Gasteiger partial charge is 0.313 e. The Morgan fingerprint density at radius 1 is 1.41 bits per heavy atom. The molecular formula is C14H16O3. The number of aliphatic carboxylic acids is 1. The Bertz CT molecular complexity index is 451. The highest BCUT2D eigenvalue weighted by Gasteiger charge is 2.46. The number of hydrogen-bond acceptors (Lipinski definition) is 2. The van der Waals surface area contributed by atoms with Crippen molar-refractivity contribution in [3.63, 3.8) is 0 Å². The number of para-hydroxylation sites is 1. The zero-order valence-electron chi connectivity index (χ0n) is 9.69. The van der Waals surface area contributed by atoms with Crippen LogP contribution in [0, 0.1) is 11.3 Å². The molecule has 0 spiro atoms. The van der Waals surface area contributed by atoms with Crippen molar-refractivity contribution in [2.75, 3.05) is 6.61 Å². The Labute approximate surface area is 100 Å². The first-order chi connectivity index (χ1) is 8.20.